The topological polar surface area (TPSA) is 52.6 Å². The summed E-state index contributed by atoms with van der Waals surface area (Å²) >= 11 is 0. The monoisotopic (exact) mass is 368 g/mol. The molecule has 5 aliphatic carbocycles. The predicted molar refractivity (Wildman–Crippen MR) is 101 cm³/mol. The molecule has 4 bridgehead atoms. The van der Waals surface area contributed by atoms with Crippen LogP contribution in [-0.2, 0) is 27.2 Å². The second-order valence-corrected chi connectivity index (χ2v) is 9.35. The Morgan fingerprint density at radius 3 is 2.30 bits per heavy atom. The highest BCUT2D eigenvalue weighted by Gasteiger charge is 2.54. The number of Topliss-reactive ketones (excluding diaryl/α,β-unsaturated/α-hetero) is 1. The third-order valence-electron chi connectivity index (χ3n) is 7.42. The SMILES string of the molecule is O=C(COc1ccc2c(c1)CCC2)OCC(=O)C12CC3CC(CC(C3)C1)C2. The van der Waals surface area contributed by atoms with Gasteiger partial charge in [0.25, 0.3) is 0 Å². The van der Waals surface area contributed by atoms with Crippen molar-refractivity contribution in [1.82, 2.24) is 0 Å². The van der Waals surface area contributed by atoms with E-state index in [1.807, 2.05) is 12.1 Å². The number of benzene rings is 1. The molecule has 5 aliphatic rings. The van der Waals surface area contributed by atoms with Crippen molar-refractivity contribution in [2.45, 2.75) is 57.8 Å². The molecule has 144 valence electrons. The molecule has 0 spiro atoms. The maximum Gasteiger partial charge on any atom is 0.344 e. The second-order valence-electron chi connectivity index (χ2n) is 9.35. The third-order valence-corrected chi connectivity index (χ3v) is 7.42. The van der Waals surface area contributed by atoms with Gasteiger partial charge in [0, 0.05) is 5.41 Å². The number of hydrogen-bond donors (Lipinski definition) is 0. The lowest BCUT2D eigenvalue weighted by atomic mass is 9.48. The fourth-order valence-corrected chi connectivity index (χ4v) is 6.57. The summed E-state index contributed by atoms with van der Waals surface area (Å²) in [5, 5.41) is 0. The zero-order valence-electron chi connectivity index (χ0n) is 15.9. The normalized spacial score (nSPS) is 33.0. The number of hydrogen-bond acceptors (Lipinski definition) is 4. The van der Waals surface area contributed by atoms with Crippen LogP contribution in [0.5, 0.6) is 5.75 Å². The van der Waals surface area contributed by atoms with Crippen LogP contribution in [0.4, 0.5) is 0 Å². The van der Waals surface area contributed by atoms with Gasteiger partial charge in [0.2, 0.25) is 0 Å². The van der Waals surface area contributed by atoms with Gasteiger partial charge in [-0.05, 0) is 98.8 Å². The summed E-state index contributed by atoms with van der Waals surface area (Å²) in [7, 11) is 0. The van der Waals surface area contributed by atoms with Crippen LogP contribution in [0.1, 0.15) is 56.1 Å². The molecule has 4 heteroatoms. The van der Waals surface area contributed by atoms with Crippen molar-refractivity contribution in [2.24, 2.45) is 23.2 Å². The molecule has 6 rings (SSSR count). The van der Waals surface area contributed by atoms with Crippen LogP contribution >= 0.6 is 0 Å². The number of fused-ring (bicyclic) bond motifs is 1. The number of ether oxygens (including phenoxy) is 2. The molecule has 1 aromatic carbocycles. The second kappa shape index (κ2) is 6.65. The molecule has 0 N–H and O–H groups in total. The number of rotatable bonds is 6. The Morgan fingerprint density at radius 2 is 1.59 bits per heavy atom. The minimum atomic E-state index is -0.450. The van der Waals surface area contributed by atoms with Crippen LogP contribution in [0.15, 0.2) is 18.2 Å². The molecular formula is C23H28O4. The zero-order chi connectivity index (χ0) is 18.4. The average Bonchev–Trinajstić information content (AvgIpc) is 3.11. The zero-order valence-corrected chi connectivity index (χ0v) is 15.9. The summed E-state index contributed by atoms with van der Waals surface area (Å²) in [4.78, 5) is 25.0. The molecule has 0 aliphatic heterocycles. The fourth-order valence-electron chi connectivity index (χ4n) is 6.57. The summed E-state index contributed by atoms with van der Waals surface area (Å²) in [5.41, 5.74) is 2.50. The van der Waals surface area contributed by atoms with E-state index in [-0.39, 0.29) is 24.4 Å². The Labute approximate surface area is 160 Å². The summed E-state index contributed by atoms with van der Waals surface area (Å²) in [5.74, 6) is 2.57. The summed E-state index contributed by atoms with van der Waals surface area (Å²) in [6.45, 7) is -0.217. The molecular weight excluding hydrogens is 340 g/mol. The van der Waals surface area contributed by atoms with Gasteiger partial charge in [-0.15, -0.1) is 0 Å². The molecule has 4 saturated carbocycles. The van der Waals surface area contributed by atoms with E-state index in [1.54, 1.807) is 0 Å². The Morgan fingerprint density at radius 1 is 0.926 bits per heavy atom. The third kappa shape index (κ3) is 3.28. The Balaban J connectivity index is 1.13. The molecule has 0 saturated heterocycles. The van der Waals surface area contributed by atoms with Crippen molar-refractivity contribution in [3.8, 4) is 5.75 Å². The lowest BCUT2D eigenvalue weighted by Crippen LogP contribution is -2.51. The average molecular weight is 368 g/mol. The van der Waals surface area contributed by atoms with Gasteiger partial charge in [0.15, 0.2) is 19.0 Å². The molecule has 27 heavy (non-hydrogen) atoms. The Kier molecular flexibility index (Phi) is 4.25. The smallest absolute Gasteiger partial charge is 0.344 e. The molecule has 0 amide bonds. The van der Waals surface area contributed by atoms with Gasteiger partial charge in [-0.1, -0.05) is 6.07 Å². The molecule has 4 nitrogen and oxygen atoms in total. The lowest BCUT2D eigenvalue weighted by Gasteiger charge is -2.55. The summed E-state index contributed by atoms with van der Waals surface area (Å²) in [6, 6.07) is 6.02. The van der Waals surface area contributed by atoms with Gasteiger partial charge in [-0.25, -0.2) is 4.79 Å². The number of aryl methyl sites for hydroxylation is 2. The van der Waals surface area contributed by atoms with Crippen molar-refractivity contribution in [2.75, 3.05) is 13.2 Å². The van der Waals surface area contributed by atoms with Crippen molar-refractivity contribution in [3.63, 3.8) is 0 Å². The van der Waals surface area contributed by atoms with E-state index in [9.17, 15) is 9.59 Å². The first kappa shape index (κ1) is 17.3. The summed E-state index contributed by atoms with van der Waals surface area (Å²) < 4.78 is 10.9. The standard InChI is InChI=1S/C23H28O4/c24-21(23-10-15-6-16(11-23)8-17(7-15)12-23)13-27-22(25)14-26-20-5-4-18-2-1-3-19(18)9-20/h4-5,9,15-17H,1-3,6-8,10-14H2. The van der Waals surface area contributed by atoms with Crippen LogP contribution in [-0.4, -0.2) is 25.0 Å². The Hall–Kier alpha value is -1.84. The number of ketones is 1. The van der Waals surface area contributed by atoms with E-state index in [0.29, 0.717) is 5.75 Å². The maximum atomic E-state index is 12.9. The minimum absolute atomic E-state index is 0.0848. The highest BCUT2D eigenvalue weighted by Crippen LogP contribution is 2.60. The van der Waals surface area contributed by atoms with Gasteiger partial charge in [-0.2, -0.15) is 0 Å². The molecule has 0 radical (unpaired) electrons. The molecule has 0 unspecified atom stereocenters. The van der Waals surface area contributed by atoms with Crippen molar-refractivity contribution < 1.29 is 19.1 Å². The number of esters is 1. The quantitative estimate of drug-likeness (QED) is 0.715. The van der Waals surface area contributed by atoms with Gasteiger partial charge >= 0.3 is 5.97 Å². The maximum absolute atomic E-state index is 12.9. The lowest BCUT2D eigenvalue weighted by molar-refractivity contribution is -0.158. The fraction of sp³-hybridized carbons (Fsp3) is 0.652. The first-order valence-corrected chi connectivity index (χ1v) is 10.5. The van der Waals surface area contributed by atoms with Gasteiger partial charge < -0.3 is 9.47 Å². The van der Waals surface area contributed by atoms with Gasteiger partial charge in [0.05, 0.1) is 0 Å². The molecule has 0 heterocycles. The molecule has 0 aromatic heterocycles. The highest BCUT2D eigenvalue weighted by atomic mass is 16.6. The van der Waals surface area contributed by atoms with E-state index in [4.69, 9.17) is 9.47 Å². The van der Waals surface area contributed by atoms with E-state index in [1.165, 1.54) is 36.8 Å². The van der Waals surface area contributed by atoms with Crippen molar-refractivity contribution >= 4 is 11.8 Å². The largest absolute Gasteiger partial charge is 0.482 e. The number of carbonyl (C=O) groups is 2. The van der Waals surface area contributed by atoms with Crippen LogP contribution in [0.2, 0.25) is 0 Å². The van der Waals surface area contributed by atoms with E-state index in [0.717, 1.165) is 49.9 Å². The van der Waals surface area contributed by atoms with Crippen LogP contribution in [0, 0.1) is 23.2 Å². The summed E-state index contributed by atoms with van der Waals surface area (Å²) in [6.07, 6.45) is 10.4. The Bertz CT molecular complexity index is 730. The molecule has 0 atom stereocenters. The highest BCUT2D eigenvalue weighted by molar-refractivity contribution is 5.88. The number of carbonyl (C=O) groups excluding carboxylic acids is 2. The van der Waals surface area contributed by atoms with E-state index in [2.05, 4.69) is 6.07 Å². The van der Waals surface area contributed by atoms with Crippen LogP contribution in [0.25, 0.3) is 0 Å². The van der Waals surface area contributed by atoms with Gasteiger partial charge in [-0.3, -0.25) is 4.79 Å². The van der Waals surface area contributed by atoms with E-state index < -0.39 is 5.97 Å². The molecule has 4 fully saturated rings. The first-order chi connectivity index (χ1) is 13.1. The van der Waals surface area contributed by atoms with Gasteiger partial charge in [0.1, 0.15) is 5.75 Å². The van der Waals surface area contributed by atoms with Crippen molar-refractivity contribution in [1.29, 1.82) is 0 Å². The van der Waals surface area contributed by atoms with Crippen LogP contribution < -0.4 is 4.74 Å². The van der Waals surface area contributed by atoms with E-state index >= 15 is 0 Å². The first-order valence-electron chi connectivity index (χ1n) is 10.5. The minimum Gasteiger partial charge on any atom is -0.482 e. The predicted octanol–water partition coefficient (Wildman–Crippen LogP) is 3.88. The molecule has 1 aromatic rings. The van der Waals surface area contributed by atoms with Crippen LogP contribution in [0.3, 0.4) is 0 Å². The van der Waals surface area contributed by atoms with Crippen molar-refractivity contribution in [3.05, 3.63) is 29.3 Å².